The smallest absolute Gasteiger partial charge is 0.329 e. The lowest BCUT2D eigenvalue weighted by Crippen LogP contribution is -2.61. The van der Waals surface area contributed by atoms with Gasteiger partial charge < -0.3 is 15.5 Å². The molecule has 0 atom stereocenters. The van der Waals surface area contributed by atoms with Crippen LogP contribution in [-0.2, 0) is 10.0 Å². The summed E-state index contributed by atoms with van der Waals surface area (Å²) in [4.78, 5) is 24.3. The first kappa shape index (κ1) is 29.2. The van der Waals surface area contributed by atoms with Crippen LogP contribution in [0, 0.1) is 10.1 Å². The van der Waals surface area contributed by atoms with Crippen molar-refractivity contribution in [3.05, 3.63) is 39.5 Å². The van der Waals surface area contributed by atoms with Crippen LogP contribution in [0.4, 0.5) is 28.8 Å². The third-order valence-corrected chi connectivity index (χ3v) is 9.47. The zero-order chi connectivity index (χ0) is 28.8. The Kier molecular flexibility index (Phi) is 8.01. The first-order chi connectivity index (χ1) is 18.1. The molecule has 2 fully saturated rings. The Morgan fingerprint density at radius 3 is 2.26 bits per heavy atom. The maximum absolute atomic E-state index is 11.8. The fourth-order valence-electron chi connectivity index (χ4n) is 5.57. The maximum atomic E-state index is 11.8. The topological polar surface area (TPSA) is 137 Å². The molecule has 2 aliphatic rings. The fourth-order valence-corrected chi connectivity index (χ4v) is 6.70. The Morgan fingerprint density at radius 2 is 1.72 bits per heavy atom. The number of aromatic nitrogens is 2. The number of rotatable bonds is 7. The van der Waals surface area contributed by atoms with Crippen molar-refractivity contribution in [1.82, 2.24) is 19.2 Å². The van der Waals surface area contributed by atoms with Crippen molar-refractivity contribution in [2.45, 2.75) is 57.7 Å². The Labute approximate surface area is 234 Å². The van der Waals surface area contributed by atoms with Crippen LogP contribution >= 0.6 is 11.6 Å². The Morgan fingerprint density at radius 1 is 1.10 bits per heavy atom. The fraction of sp³-hybridized carbons (Fsp3) is 0.600. The molecular weight excluding hydrogens is 544 g/mol. The largest absolute Gasteiger partial charge is 0.368 e. The van der Waals surface area contributed by atoms with Gasteiger partial charge in [-0.05, 0) is 65.8 Å². The van der Waals surface area contributed by atoms with Crippen LogP contribution in [0.2, 0.25) is 5.02 Å². The van der Waals surface area contributed by atoms with Crippen molar-refractivity contribution >= 4 is 50.5 Å². The molecule has 14 heteroatoms. The molecule has 2 aromatic rings. The highest BCUT2D eigenvalue weighted by Crippen LogP contribution is 2.39. The Hall–Kier alpha value is -2.74. The average Bonchev–Trinajstić information content (AvgIpc) is 2.82. The molecule has 1 aromatic heterocycles. The Bertz CT molecular complexity index is 1330. The maximum Gasteiger partial charge on any atom is 0.329 e. The molecule has 0 spiro atoms. The second-order valence-corrected chi connectivity index (χ2v) is 13.9. The molecule has 3 heterocycles. The summed E-state index contributed by atoms with van der Waals surface area (Å²) < 4.78 is 25.0. The standard InChI is InChI=1S/C25H37ClN8O4S/c1-24(2)14-18(15-25(3,4)31(24)5)28-22-21(34(35)36)16-27-23(30-22)29-17-7-8-20(19(26)13-17)32-9-11-33(12-10-32)39(6,37)38/h7-8,13,16,18H,9-12,14-15H2,1-6H3,(H2,27,28,29,30). The van der Waals surface area contributed by atoms with E-state index >= 15 is 0 Å². The number of piperidine rings is 1. The van der Waals surface area contributed by atoms with E-state index in [0.29, 0.717) is 36.9 Å². The Balaban J connectivity index is 1.50. The van der Waals surface area contributed by atoms with Gasteiger partial charge in [0.15, 0.2) is 0 Å². The van der Waals surface area contributed by atoms with Crippen LogP contribution in [0.3, 0.4) is 0 Å². The predicted molar refractivity (Wildman–Crippen MR) is 155 cm³/mol. The van der Waals surface area contributed by atoms with Crippen molar-refractivity contribution in [2.24, 2.45) is 0 Å². The summed E-state index contributed by atoms with van der Waals surface area (Å²) >= 11 is 6.59. The van der Waals surface area contributed by atoms with E-state index in [0.717, 1.165) is 18.5 Å². The SMILES string of the molecule is CN1C(C)(C)CC(Nc2nc(Nc3ccc(N4CCN(S(C)(=O)=O)CC4)c(Cl)c3)ncc2[N+](=O)[O-])CC1(C)C. The second kappa shape index (κ2) is 10.7. The number of likely N-dealkylation sites (tertiary alicyclic amines) is 1. The van der Waals surface area contributed by atoms with Gasteiger partial charge in [-0.1, -0.05) is 11.6 Å². The molecule has 12 nitrogen and oxygen atoms in total. The molecule has 4 rings (SSSR count). The van der Waals surface area contributed by atoms with Crippen LogP contribution in [0.1, 0.15) is 40.5 Å². The minimum absolute atomic E-state index is 0.00968. The van der Waals surface area contributed by atoms with Crippen molar-refractivity contribution in [1.29, 1.82) is 0 Å². The zero-order valence-corrected chi connectivity index (χ0v) is 24.8. The number of nitro groups is 1. The molecular formula is C25H37ClN8O4S. The lowest BCUT2D eigenvalue weighted by atomic mass is 9.77. The summed E-state index contributed by atoms with van der Waals surface area (Å²) in [6.07, 6.45) is 4.02. The third-order valence-electron chi connectivity index (χ3n) is 7.87. The number of halogens is 1. The lowest BCUT2D eigenvalue weighted by Gasteiger charge is -2.53. The highest BCUT2D eigenvalue weighted by atomic mass is 35.5. The molecule has 0 radical (unpaired) electrons. The van der Waals surface area contributed by atoms with Gasteiger partial charge >= 0.3 is 5.69 Å². The molecule has 2 N–H and O–H groups in total. The number of nitrogens with zero attached hydrogens (tertiary/aromatic N) is 6. The van der Waals surface area contributed by atoms with E-state index in [9.17, 15) is 18.5 Å². The van der Waals surface area contributed by atoms with Gasteiger partial charge in [0, 0.05) is 49.0 Å². The summed E-state index contributed by atoms with van der Waals surface area (Å²) in [5, 5.41) is 18.7. The van der Waals surface area contributed by atoms with Gasteiger partial charge in [0.1, 0.15) is 6.20 Å². The molecule has 39 heavy (non-hydrogen) atoms. The molecule has 0 amide bonds. The van der Waals surface area contributed by atoms with E-state index < -0.39 is 14.9 Å². The molecule has 0 aliphatic carbocycles. The van der Waals surface area contributed by atoms with E-state index in [1.54, 1.807) is 6.07 Å². The molecule has 0 unspecified atom stereocenters. The van der Waals surface area contributed by atoms with Gasteiger partial charge in [-0.15, -0.1) is 0 Å². The van der Waals surface area contributed by atoms with E-state index in [4.69, 9.17) is 11.6 Å². The van der Waals surface area contributed by atoms with Crippen molar-refractivity contribution < 1.29 is 13.3 Å². The van der Waals surface area contributed by atoms with E-state index in [1.807, 2.05) is 17.0 Å². The molecule has 214 valence electrons. The quantitative estimate of drug-likeness (QED) is 0.366. The highest BCUT2D eigenvalue weighted by Gasteiger charge is 2.43. The normalized spacial score (nSPS) is 20.5. The minimum atomic E-state index is -3.22. The molecule has 0 bridgehead atoms. The van der Waals surface area contributed by atoms with Crippen LogP contribution in [0.15, 0.2) is 24.4 Å². The number of nitrogens with one attached hydrogen (secondary N) is 2. The van der Waals surface area contributed by atoms with Gasteiger partial charge in [0.05, 0.1) is 21.9 Å². The number of sulfonamides is 1. The second-order valence-electron chi connectivity index (χ2n) is 11.6. The predicted octanol–water partition coefficient (Wildman–Crippen LogP) is 3.93. The van der Waals surface area contributed by atoms with Crippen molar-refractivity contribution in [3.63, 3.8) is 0 Å². The van der Waals surface area contributed by atoms with E-state index in [1.165, 1.54) is 16.8 Å². The van der Waals surface area contributed by atoms with E-state index in [2.05, 4.69) is 60.2 Å². The minimum Gasteiger partial charge on any atom is -0.368 e. The third kappa shape index (κ3) is 6.53. The first-order valence-corrected chi connectivity index (χ1v) is 15.1. The number of hydrogen-bond acceptors (Lipinski definition) is 10. The molecule has 2 saturated heterocycles. The summed E-state index contributed by atoms with van der Waals surface area (Å²) in [5.74, 6) is 0.380. The van der Waals surface area contributed by atoms with Gasteiger partial charge in [-0.2, -0.15) is 9.29 Å². The zero-order valence-electron chi connectivity index (χ0n) is 23.2. The average molecular weight is 581 g/mol. The van der Waals surface area contributed by atoms with E-state index in [-0.39, 0.29) is 34.6 Å². The number of anilines is 4. The summed E-state index contributed by atoms with van der Waals surface area (Å²) in [5.41, 5.74) is 1.04. The van der Waals surface area contributed by atoms with Crippen LogP contribution in [0.25, 0.3) is 0 Å². The lowest BCUT2D eigenvalue weighted by molar-refractivity contribution is -0.384. The highest BCUT2D eigenvalue weighted by molar-refractivity contribution is 7.88. The van der Waals surface area contributed by atoms with Crippen molar-refractivity contribution in [3.8, 4) is 0 Å². The van der Waals surface area contributed by atoms with Crippen molar-refractivity contribution in [2.75, 3.05) is 55.0 Å². The first-order valence-electron chi connectivity index (χ1n) is 12.9. The van der Waals surface area contributed by atoms with Gasteiger partial charge in [-0.25, -0.2) is 13.4 Å². The number of piperazine rings is 1. The molecule has 0 saturated carbocycles. The van der Waals surface area contributed by atoms with Gasteiger partial charge in [0.2, 0.25) is 21.8 Å². The monoisotopic (exact) mass is 580 g/mol. The summed E-state index contributed by atoms with van der Waals surface area (Å²) in [6.45, 7) is 10.5. The van der Waals surface area contributed by atoms with Gasteiger partial charge in [-0.3, -0.25) is 15.0 Å². The van der Waals surface area contributed by atoms with Crippen LogP contribution in [-0.4, -0.2) is 89.1 Å². The number of benzene rings is 1. The summed E-state index contributed by atoms with van der Waals surface area (Å²) in [6, 6.07) is 5.40. The molecule has 2 aliphatic heterocycles. The summed E-state index contributed by atoms with van der Waals surface area (Å²) in [7, 11) is -1.11. The molecule has 1 aromatic carbocycles. The number of hydrogen-bond donors (Lipinski definition) is 2. The van der Waals surface area contributed by atoms with Crippen LogP contribution < -0.4 is 15.5 Å². The van der Waals surface area contributed by atoms with Gasteiger partial charge in [0.25, 0.3) is 0 Å². The van der Waals surface area contributed by atoms with Crippen LogP contribution in [0.5, 0.6) is 0 Å².